The third-order valence-electron chi connectivity index (χ3n) is 3.29. The van der Waals surface area contributed by atoms with Crippen LogP contribution in [-0.2, 0) is 4.79 Å². The van der Waals surface area contributed by atoms with Crippen LogP contribution in [0.15, 0.2) is 18.2 Å². The predicted molar refractivity (Wildman–Crippen MR) is 86.7 cm³/mol. The quantitative estimate of drug-likeness (QED) is 0.805. The Balaban J connectivity index is 2.64. The molecule has 0 saturated heterocycles. The van der Waals surface area contributed by atoms with Crippen LogP contribution in [0.1, 0.15) is 19.4 Å². The summed E-state index contributed by atoms with van der Waals surface area (Å²) in [5.41, 5.74) is 7.49. The number of nitrogens with zero attached hydrogens (tertiary/aromatic N) is 1. The maximum absolute atomic E-state index is 12.1. The fraction of sp³-hybridized carbons (Fsp3) is 0.562. The van der Waals surface area contributed by atoms with Crippen LogP contribution in [0.3, 0.4) is 0 Å². The molecule has 0 saturated carbocycles. The Morgan fingerprint density at radius 3 is 2.67 bits per heavy atom. The second-order valence-electron chi connectivity index (χ2n) is 6.29. The molecule has 0 spiro atoms. The highest BCUT2D eigenvalue weighted by Gasteiger charge is 2.19. The van der Waals surface area contributed by atoms with Crippen LogP contribution < -0.4 is 15.8 Å². The van der Waals surface area contributed by atoms with Crippen molar-refractivity contribution in [2.75, 3.05) is 39.1 Å². The van der Waals surface area contributed by atoms with Gasteiger partial charge in [0, 0.05) is 6.54 Å². The predicted octanol–water partition coefficient (Wildman–Crippen LogP) is 1.86. The van der Waals surface area contributed by atoms with Crippen molar-refractivity contribution in [1.29, 1.82) is 0 Å². The zero-order chi connectivity index (χ0) is 16.0. The summed E-state index contributed by atoms with van der Waals surface area (Å²) in [4.78, 5) is 14.1. The van der Waals surface area contributed by atoms with E-state index in [4.69, 9.17) is 10.5 Å². The molecule has 0 heterocycles. The molecule has 1 amide bonds. The number of rotatable bonds is 7. The third-order valence-corrected chi connectivity index (χ3v) is 3.29. The minimum absolute atomic E-state index is 0.00391. The van der Waals surface area contributed by atoms with Gasteiger partial charge in [0.1, 0.15) is 5.75 Å². The van der Waals surface area contributed by atoms with Crippen molar-refractivity contribution < 1.29 is 9.53 Å². The van der Waals surface area contributed by atoms with Gasteiger partial charge in [-0.25, -0.2) is 0 Å². The zero-order valence-corrected chi connectivity index (χ0v) is 13.7. The number of nitrogens with two attached hydrogens (primary N) is 1. The lowest BCUT2D eigenvalue weighted by atomic mass is 9.93. The molecule has 0 unspecified atom stereocenters. The average Bonchev–Trinajstić information content (AvgIpc) is 2.38. The number of nitrogens with one attached hydrogen (secondary N) is 1. The summed E-state index contributed by atoms with van der Waals surface area (Å²) in [5.74, 6) is 0.605. The molecule has 0 radical (unpaired) electrons. The molecule has 5 heteroatoms. The van der Waals surface area contributed by atoms with E-state index in [2.05, 4.69) is 19.2 Å². The van der Waals surface area contributed by atoms with E-state index in [0.29, 0.717) is 24.5 Å². The molecule has 1 aromatic carbocycles. The van der Waals surface area contributed by atoms with E-state index < -0.39 is 0 Å². The number of methoxy groups -OCH3 is 1. The number of carbonyl (C=O) groups is 1. The second kappa shape index (κ2) is 7.43. The van der Waals surface area contributed by atoms with E-state index in [1.165, 1.54) is 0 Å². The number of benzene rings is 1. The summed E-state index contributed by atoms with van der Waals surface area (Å²) in [5, 5.41) is 2.90. The molecule has 0 atom stereocenters. The lowest BCUT2D eigenvalue weighted by molar-refractivity contribution is -0.117. The lowest BCUT2D eigenvalue weighted by Gasteiger charge is -2.28. The van der Waals surface area contributed by atoms with Crippen molar-refractivity contribution in [2.45, 2.75) is 20.8 Å². The number of amides is 1. The summed E-state index contributed by atoms with van der Waals surface area (Å²) >= 11 is 0. The molecule has 5 nitrogen and oxygen atoms in total. The molecule has 1 aromatic rings. The van der Waals surface area contributed by atoms with Crippen LogP contribution >= 0.6 is 0 Å². The van der Waals surface area contributed by atoms with Gasteiger partial charge in [0.05, 0.1) is 19.3 Å². The first-order valence-electron chi connectivity index (χ1n) is 7.10. The number of anilines is 1. The van der Waals surface area contributed by atoms with Crippen LogP contribution in [-0.4, -0.2) is 44.6 Å². The summed E-state index contributed by atoms with van der Waals surface area (Å²) in [6.07, 6.45) is 0. The average molecular weight is 293 g/mol. The van der Waals surface area contributed by atoms with E-state index in [9.17, 15) is 4.79 Å². The Kier molecular flexibility index (Phi) is 6.18. The smallest absolute Gasteiger partial charge is 0.238 e. The first-order valence-corrected chi connectivity index (χ1v) is 7.10. The van der Waals surface area contributed by atoms with E-state index in [-0.39, 0.29) is 11.3 Å². The molecule has 21 heavy (non-hydrogen) atoms. The SMILES string of the molecule is COc1ccc(C)cc1NC(=O)CN(C)CC(C)(C)CN. The Labute approximate surface area is 127 Å². The Morgan fingerprint density at radius 1 is 1.43 bits per heavy atom. The molecular weight excluding hydrogens is 266 g/mol. The summed E-state index contributed by atoms with van der Waals surface area (Å²) in [6.45, 7) is 7.83. The van der Waals surface area contributed by atoms with Gasteiger partial charge in [0.15, 0.2) is 0 Å². The highest BCUT2D eigenvalue weighted by atomic mass is 16.5. The topological polar surface area (TPSA) is 67.6 Å². The first-order chi connectivity index (χ1) is 9.77. The van der Waals surface area contributed by atoms with Crippen molar-refractivity contribution in [1.82, 2.24) is 4.90 Å². The van der Waals surface area contributed by atoms with Crippen molar-refractivity contribution >= 4 is 11.6 Å². The Hall–Kier alpha value is -1.59. The van der Waals surface area contributed by atoms with Gasteiger partial charge in [0.2, 0.25) is 5.91 Å². The van der Waals surface area contributed by atoms with E-state index in [0.717, 1.165) is 12.1 Å². The minimum Gasteiger partial charge on any atom is -0.495 e. The van der Waals surface area contributed by atoms with Crippen LogP contribution in [0.25, 0.3) is 0 Å². The molecule has 0 aliphatic heterocycles. The standard InChI is InChI=1S/C16H27N3O2/c1-12-6-7-14(21-5)13(8-12)18-15(20)9-19(4)11-16(2,3)10-17/h6-8H,9-11,17H2,1-5H3,(H,18,20). The molecule has 1 rings (SSSR count). The Bertz CT molecular complexity index is 486. The minimum atomic E-state index is -0.0609. The molecule has 0 aliphatic rings. The maximum atomic E-state index is 12.1. The van der Waals surface area contributed by atoms with Gasteiger partial charge in [-0.05, 0) is 43.6 Å². The maximum Gasteiger partial charge on any atom is 0.238 e. The number of likely N-dealkylation sites (N-methyl/N-ethyl adjacent to an activating group) is 1. The third kappa shape index (κ3) is 5.73. The summed E-state index contributed by atoms with van der Waals surface area (Å²) in [7, 11) is 3.51. The van der Waals surface area contributed by atoms with Crippen molar-refractivity contribution in [3.05, 3.63) is 23.8 Å². The van der Waals surface area contributed by atoms with Gasteiger partial charge in [-0.1, -0.05) is 19.9 Å². The largest absolute Gasteiger partial charge is 0.495 e. The van der Waals surface area contributed by atoms with E-state index in [1.54, 1.807) is 7.11 Å². The fourth-order valence-electron chi connectivity index (χ4n) is 2.21. The highest BCUT2D eigenvalue weighted by Crippen LogP contribution is 2.25. The molecule has 0 aromatic heterocycles. The number of aryl methyl sites for hydroxylation is 1. The first kappa shape index (κ1) is 17.5. The van der Waals surface area contributed by atoms with Crippen molar-refractivity contribution in [3.63, 3.8) is 0 Å². The van der Waals surface area contributed by atoms with Crippen LogP contribution in [0.4, 0.5) is 5.69 Å². The molecule has 0 aliphatic carbocycles. The van der Waals surface area contributed by atoms with Crippen LogP contribution in [0.2, 0.25) is 0 Å². The summed E-state index contributed by atoms with van der Waals surface area (Å²) in [6, 6.07) is 5.71. The van der Waals surface area contributed by atoms with Gasteiger partial charge in [0.25, 0.3) is 0 Å². The van der Waals surface area contributed by atoms with Gasteiger partial charge >= 0.3 is 0 Å². The molecule has 0 bridgehead atoms. The molecule has 118 valence electrons. The number of hydrogen-bond acceptors (Lipinski definition) is 4. The van der Waals surface area contributed by atoms with Crippen molar-refractivity contribution in [3.8, 4) is 5.75 Å². The van der Waals surface area contributed by atoms with Crippen LogP contribution in [0.5, 0.6) is 5.75 Å². The number of ether oxygens (including phenoxy) is 1. The van der Waals surface area contributed by atoms with E-state index in [1.807, 2.05) is 37.1 Å². The second-order valence-corrected chi connectivity index (χ2v) is 6.29. The lowest BCUT2D eigenvalue weighted by Crippen LogP contribution is -2.40. The fourth-order valence-corrected chi connectivity index (χ4v) is 2.21. The highest BCUT2D eigenvalue weighted by molar-refractivity contribution is 5.93. The van der Waals surface area contributed by atoms with Gasteiger partial charge in [-0.3, -0.25) is 9.69 Å². The van der Waals surface area contributed by atoms with Gasteiger partial charge in [-0.15, -0.1) is 0 Å². The normalized spacial score (nSPS) is 11.6. The zero-order valence-electron chi connectivity index (χ0n) is 13.7. The number of hydrogen-bond donors (Lipinski definition) is 2. The number of carbonyl (C=O) groups excluding carboxylic acids is 1. The van der Waals surface area contributed by atoms with Gasteiger partial charge in [-0.2, -0.15) is 0 Å². The molecule has 0 fully saturated rings. The Morgan fingerprint density at radius 2 is 2.10 bits per heavy atom. The van der Waals surface area contributed by atoms with Gasteiger partial charge < -0.3 is 15.8 Å². The van der Waals surface area contributed by atoms with Crippen molar-refractivity contribution in [2.24, 2.45) is 11.1 Å². The molecule has 3 N–H and O–H groups in total. The summed E-state index contributed by atoms with van der Waals surface area (Å²) < 4.78 is 5.26. The van der Waals surface area contributed by atoms with Crippen LogP contribution in [0, 0.1) is 12.3 Å². The van der Waals surface area contributed by atoms with E-state index >= 15 is 0 Å². The monoisotopic (exact) mass is 293 g/mol. The molecular formula is C16H27N3O2.